The average Bonchev–Trinajstić information content (AvgIpc) is 2.97. The molecule has 0 aliphatic heterocycles. The Morgan fingerprint density at radius 2 is 0.484 bits per heavy atom. The molecule has 0 unspecified atom stereocenters. The van der Waals surface area contributed by atoms with Crippen LogP contribution in [0.1, 0.15) is 68.1 Å². The lowest BCUT2D eigenvalue weighted by atomic mass is 10.0. The third kappa shape index (κ3) is 30.7. The van der Waals surface area contributed by atoms with Crippen LogP contribution in [0.4, 0.5) is 22.7 Å². The van der Waals surface area contributed by atoms with Crippen LogP contribution in [0.5, 0.6) is 0 Å². The average molecular weight is 1200 g/mol. The van der Waals surface area contributed by atoms with Gasteiger partial charge in [0.15, 0.2) is 0 Å². The van der Waals surface area contributed by atoms with Crippen molar-refractivity contribution in [2.45, 2.75) is 83.1 Å². The summed E-state index contributed by atoms with van der Waals surface area (Å²) in [6.07, 6.45) is 0. The van der Waals surface area contributed by atoms with Crippen molar-refractivity contribution in [2.24, 2.45) is 0 Å². The highest BCUT2D eigenvalue weighted by molar-refractivity contribution is 7.11. The van der Waals surface area contributed by atoms with Crippen molar-refractivity contribution < 1.29 is 0 Å². The summed E-state index contributed by atoms with van der Waals surface area (Å²) in [5.41, 5.74) is 17.8. The molecule has 10 aromatic rings. The number of anilines is 4. The molecule has 1 aromatic heterocycles. The first-order valence-electron chi connectivity index (χ1n) is 29.8. The summed E-state index contributed by atoms with van der Waals surface area (Å²) in [5, 5.41) is 2.67. The number of aryl methyl sites for hydroxylation is 10. The highest BCUT2D eigenvalue weighted by Gasteiger charge is 2.11. The van der Waals surface area contributed by atoms with Crippen LogP contribution in [0.2, 0.25) is 0 Å². The standard InChI is InChI=1S/C20H19N.C20H6.C14H14.C12H12.C8H11N.C8H10.C6H8S/c1-16-8-12-19(13-9-16)21(18-6-4-3-5-7-18)20-14-10-17(2)11-15-20;1-3-5-7-9-11-13-15-17-19-20-18-16-14-12-10-8-6-4-2;1-11-3-7-13(8-4-11)14-9-5-12(2)6-10-14;1-9-3-5-12-8-10(2)4-6-11(12)7-9;1-9(2)8-6-4-3-5-7-8;1-7-3-5-8(2)6-4-7;1-5-3-4-6(2)7-5/h3-15H,1-2H3;1-2H3;3-10H,1-2H3;3-8H,1-2H3;3-7H,1-2H3;3-6H,1-2H3;3-4H,1-2H3. The molecular weight excluding hydrogens is 1120 g/mol. The van der Waals surface area contributed by atoms with Gasteiger partial charge in [-0.05, 0) is 260 Å². The quantitative estimate of drug-likeness (QED) is 0.159. The van der Waals surface area contributed by atoms with Gasteiger partial charge in [-0.1, -0.05) is 226 Å². The Balaban J connectivity index is 0.000000234. The van der Waals surface area contributed by atoms with Crippen molar-refractivity contribution in [1.82, 2.24) is 0 Å². The molecule has 3 heteroatoms. The van der Waals surface area contributed by atoms with E-state index in [-0.39, 0.29) is 0 Å². The number of hydrogen-bond donors (Lipinski definition) is 0. The summed E-state index contributed by atoms with van der Waals surface area (Å²) in [7, 11) is 4.07. The van der Waals surface area contributed by atoms with Gasteiger partial charge in [0, 0.05) is 46.6 Å². The lowest BCUT2D eigenvalue weighted by Crippen LogP contribution is -2.09. The second kappa shape index (κ2) is 42.4. The van der Waals surface area contributed by atoms with Crippen molar-refractivity contribution in [3.63, 3.8) is 0 Å². The lowest BCUT2D eigenvalue weighted by molar-refractivity contribution is 1.13. The SMILES string of the molecule is CC#CC#CC#CC#CC#CC#CC#CC#CC#CC.CN(C)c1ccccc1.Cc1ccc(-c2ccc(C)cc2)cc1.Cc1ccc(C)cc1.Cc1ccc(C)s1.Cc1ccc(N(c2ccccc2)c2ccc(C)cc2)cc1.Cc1ccc2cc(C)ccc2c1. The highest BCUT2D eigenvalue weighted by atomic mass is 32.1. The normalized spacial score (nSPS) is 8.64. The fourth-order valence-corrected chi connectivity index (χ4v) is 8.65. The van der Waals surface area contributed by atoms with E-state index in [0.717, 1.165) is 0 Å². The fourth-order valence-electron chi connectivity index (χ4n) is 7.87. The summed E-state index contributed by atoms with van der Waals surface area (Å²) >= 11 is 1.84. The molecule has 10 rings (SSSR count). The Hall–Kier alpha value is -11.4. The molecule has 0 spiro atoms. The van der Waals surface area contributed by atoms with Crippen LogP contribution in [0.3, 0.4) is 0 Å². The predicted octanol–water partition coefficient (Wildman–Crippen LogP) is 20.7. The lowest BCUT2D eigenvalue weighted by Gasteiger charge is -2.25. The third-order valence-corrected chi connectivity index (χ3v) is 13.7. The topological polar surface area (TPSA) is 6.48 Å². The summed E-state index contributed by atoms with van der Waals surface area (Å²) in [6, 6.07) is 81.1. The van der Waals surface area contributed by atoms with Gasteiger partial charge in [0.1, 0.15) is 0 Å². The zero-order valence-corrected chi connectivity index (χ0v) is 56.1. The van der Waals surface area contributed by atoms with Crippen LogP contribution in [0.25, 0.3) is 21.9 Å². The van der Waals surface area contributed by atoms with Crippen molar-refractivity contribution in [3.05, 3.63) is 285 Å². The smallest absolute Gasteiger partial charge is 0.0461 e. The number of benzene rings is 9. The van der Waals surface area contributed by atoms with Gasteiger partial charge in [0.05, 0.1) is 0 Å². The summed E-state index contributed by atoms with van der Waals surface area (Å²) < 4.78 is 0. The number of rotatable bonds is 5. The van der Waals surface area contributed by atoms with Gasteiger partial charge in [0.25, 0.3) is 0 Å². The first-order chi connectivity index (χ1) is 44.0. The first-order valence-corrected chi connectivity index (χ1v) is 30.6. The van der Waals surface area contributed by atoms with Gasteiger partial charge in [0.2, 0.25) is 0 Å². The molecule has 0 aliphatic rings. The van der Waals surface area contributed by atoms with E-state index in [1.807, 2.05) is 49.7 Å². The number of nitrogens with zero attached hydrogens (tertiary/aromatic N) is 2. The number of thiophene rings is 1. The van der Waals surface area contributed by atoms with Crippen LogP contribution in [-0.4, -0.2) is 14.1 Å². The van der Waals surface area contributed by atoms with E-state index in [2.05, 4.69) is 392 Å². The maximum absolute atomic E-state index is 2.63. The molecule has 0 radical (unpaired) electrons. The Labute approximate surface area is 550 Å². The zero-order valence-electron chi connectivity index (χ0n) is 55.2. The van der Waals surface area contributed by atoms with Gasteiger partial charge in [-0.3, -0.25) is 0 Å². The molecule has 0 fully saturated rings. The Morgan fingerprint density at radius 3 is 0.736 bits per heavy atom. The van der Waals surface area contributed by atoms with Crippen molar-refractivity contribution in [2.75, 3.05) is 23.9 Å². The summed E-state index contributed by atoms with van der Waals surface area (Å²) in [5.74, 6) is 45.6. The van der Waals surface area contributed by atoms with Crippen molar-refractivity contribution >= 4 is 44.9 Å². The minimum atomic E-state index is 1.17. The molecule has 91 heavy (non-hydrogen) atoms. The summed E-state index contributed by atoms with van der Waals surface area (Å²) in [6.45, 7) is 24.5. The largest absolute Gasteiger partial charge is 0.378 e. The fraction of sp³-hybridized carbons (Fsp3) is 0.159. The first kappa shape index (κ1) is 72.1. The van der Waals surface area contributed by atoms with E-state index in [0.29, 0.717) is 0 Å². The van der Waals surface area contributed by atoms with Crippen LogP contribution in [0.15, 0.2) is 231 Å². The molecule has 2 nitrogen and oxygen atoms in total. The third-order valence-electron chi connectivity index (χ3n) is 12.7. The summed E-state index contributed by atoms with van der Waals surface area (Å²) in [4.78, 5) is 7.16. The Kier molecular flexibility index (Phi) is 33.6. The Morgan fingerprint density at radius 1 is 0.242 bits per heavy atom. The molecule has 0 bridgehead atoms. The minimum absolute atomic E-state index is 1.17. The second-order valence-electron chi connectivity index (χ2n) is 21.0. The molecule has 1 heterocycles. The van der Waals surface area contributed by atoms with Crippen LogP contribution >= 0.6 is 11.3 Å². The second-order valence-corrected chi connectivity index (χ2v) is 22.5. The molecule has 0 aliphatic carbocycles. The maximum atomic E-state index is 2.63. The van der Waals surface area contributed by atoms with Gasteiger partial charge in [-0.25, -0.2) is 0 Å². The van der Waals surface area contributed by atoms with Crippen molar-refractivity contribution in [3.8, 4) is 118 Å². The molecule has 0 saturated carbocycles. The number of hydrogen-bond acceptors (Lipinski definition) is 3. The van der Waals surface area contributed by atoms with Crippen molar-refractivity contribution in [1.29, 1.82) is 0 Å². The van der Waals surface area contributed by atoms with E-state index in [1.165, 1.54) is 98.9 Å². The molecule has 0 N–H and O–H groups in total. The predicted molar refractivity (Wildman–Crippen MR) is 397 cm³/mol. The maximum Gasteiger partial charge on any atom is 0.0461 e. The van der Waals surface area contributed by atoms with E-state index in [4.69, 9.17) is 0 Å². The van der Waals surface area contributed by atoms with Crippen LogP contribution in [0, 0.1) is 176 Å². The van der Waals surface area contributed by atoms with E-state index in [9.17, 15) is 0 Å². The zero-order chi connectivity index (χ0) is 65.9. The highest BCUT2D eigenvalue weighted by Crippen LogP contribution is 2.34. The van der Waals surface area contributed by atoms with Crippen LogP contribution in [-0.2, 0) is 0 Å². The monoisotopic (exact) mass is 1200 g/mol. The van der Waals surface area contributed by atoms with Gasteiger partial charge >= 0.3 is 0 Å². The van der Waals surface area contributed by atoms with Gasteiger partial charge in [-0.15, -0.1) is 11.3 Å². The van der Waals surface area contributed by atoms with E-state index < -0.39 is 0 Å². The molecular formula is C88H80N2S. The molecule has 0 saturated heterocycles. The van der Waals surface area contributed by atoms with E-state index in [1.54, 1.807) is 13.8 Å². The van der Waals surface area contributed by atoms with Gasteiger partial charge < -0.3 is 9.80 Å². The van der Waals surface area contributed by atoms with Crippen LogP contribution < -0.4 is 9.80 Å². The van der Waals surface area contributed by atoms with Gasteiger partial charge in [-0.2, -0.15) is 0 Å². The minimum Gasteiger partial charge on any atom is -0.378 e. The molecule has 0 atom stereocenters. The molecule has 9 aromatic carbocycles. The Bertz CT molecular complexity index is 4190. The number of fused-ring (bicyclic) bond motifs is 1. The number of para-hydroxylation sites is 2. The molecule has 0 amide bonds. The molecule has 448 valence electrons. The van der Waals surface area contributed by atoms with E-state index >= 15 is 0 Å².